The van der Waals surface area contributed by atoms with Crippen molar-refractivity contribution in [3.8, 4) is 0 Å². The number of hydrogen-bond acceptors (Lipinski definition) is 10. The minimum Gasteiger partial charge on any atom is -0.460 e. The molecule has 12 heteroatoms. The molecule has 0 spiro atoms. The van der Waals surface area contributed by atoms with Gasteiger partial charge in [0.15, 0.2) is 6.61 Å². The Balaban J connectivity index is 1.35. The van der Waals surface area contributed by atoms with Gasteiger partial charge in [0.1, 0.15) is 17.5 Å². The van der Waals surface area contributed by atoms with Crippen LogP contribution in [0.25, 0.3) is 0 Å². The second-order valence-corrected chi connectivity index (χ2v) is 18.6. The first-order chi connectivity index (χ1) is 22.7. The first kappa shape index (κ1) is 37.7. The van der Waals surface area contributed by atoms with Gasteiger partial charge in [0.25, 0.3) is 10.1 Å². The Labute approximate surface area is 291 Å². The van der Waals surface area contributed by atoms with E-state index < -0.39 is 62.8 Å². The number of benzene rings is 1. The van der Waals surface area contributed by atoms with Crippen molar-refractivity contribution in [2.45, 2.75) is 117 Å². The van der Waals surface area contributed by atoms with Gasteiger partial charge in [-0.05, 0) is 102 Å². The lowest BCUT2D eigenvalue weighted by Gasteiger charge is -2.72. The summed E-state index contributed by atoms with van der Waals surface area (Å²) >= 11 is 0. The number of hydrogen-bond donors (Lipinski definition) is 3. The third-order valence-corrected chi connectivity index (χ3v) is 13.9. The number of ether oxygens (including phenoxy) is 2. The van der Waals surface area contributed by atoms with E-state index in [1.54, 1.807) is 12.1 Å². The third-order valence-electron chi connectivity index (χ3n) is 12.6. The molecule has 3 N–H and O–H groups in total. The zero-order valence-electron chi connectivity index (χ0n) is 30.4. The van der Waals surface area contributed by atoms with E-state index in [4.69, 9.17) is 13.7 Å². The quantitative estimate of drug-likeness (QED) is 0.164. The average molecular weight is 705 g/mol. The highest BCUT2D eigenvalue weighted by Gasteiger charge is 2.81. The largest absolute Gasteiger partial charge is 0.460 e. The number of esters is 1. The van der Waals surface area contributed by atoms with Crippen LogP contribution in [0.15, 0.2) is 29.2 Å². The van der Waals surface area contributed by atoms with Crippen LogP contribution in [-0.4, -0.2) is 75.4 Å². The highest BCUT2D eigenvalue weighted by molar-refractivity contribution is 7.86. The maximum absolute atomic E-state index is 13.6. The summed E-state index contributed by atoms with van der Waals surface area (Å²) in [6.07, 6.45) is 1.66. The van der Waals surface area contributed by atoms with Gasteiger partial charge in [-0.1, -0.05) is 45.4 Å². The Hall–Kier alpha value is -2.54. The molecule has 0 heterocycles. The lowest BCUT2D eigenvalue weighted by atomic mass is 9.32. The summed E-state index contributed by atoms with van der Waals surface area (Å²) in [6, 6.07) is 6.19. The Morgan fingerprint density at radius 1 is 1.06 bits per heavy atom. The number of carbonyl (C=O) groups is 3. The Morgan fingerprint density at radius 2 is 1.73 bits per heavy atom. The molecule has 0 radical (unpaired) electrons. The molecular formula is C37H56N2O9S. The summed E-state index contributed by atoms with van der Waals surface area (Å²) in [5, 5.41) is 18.4. The van der Waals surface area contributed by atoms with Crippen molar-refractivity contribution in [3.05, 3.63) is 29.8 Å². The number of aliphatic hydroxyl groups excluding tert-OH is 1. The number of rotatable bonds is 11. The number of alkyl carbamates (subject to hydrolysis) is 1. The maximum Gasteiger partial charge on any atom is 0.407 e. The van der Waals surface area contributed by atoms with Crippen LogP contribution in [0.4, 0.5) is 4.79 Å². The first-order valence-electron chi connectivity index (χ1n) is 17.7. The van der Waals surface area contributed by atoms with Gasteiger partial charge in [-0.3, -0.25) is 8.98 Å². The van der Waals surface area contributed by atoms with Crippen molar-refractivity contribution in [1.29, 1.82) is 0 Å². The molecule has 274 valence electrons. The van der Waals surface area contributed by atoms with Crippen LogP contribution < -0.4 is 10.6 Å². The topological polar surface area (TPSA) is 157 Å². The Kier molecular flexibility index (Phi) is 10.2. The molecule has 4 aliphatic rings. The molecule has 9 atom stereocenters. The normalized spacial score (nSPS) is 36.9. The van der Waals surface area contributed by atoms with E-state index >= 15 is 0 Å². The summed E-state index contributed by atoms with van der Waals surface area (Å²) in [5.41, 5.74) is -1.76. The van der Waals surface area contributed by atoms with Crippen molar-refractivity contribution in [1.82, 2.24) is 10.6 Å². The zero-order chi connectivity index (χ0) is 36.2. The van der Waals surface area contributed by atoms with E-state index in [0.717, 1.165) is 12.0 Å². The molecule has 1 amide bonds. The molecule has 1 aromatic rings. The molecule has 11 nitrogen and oxygen atoms in total. The summed E-state index contributed by atoms with van der Waals surface area (Å²) in [7, 11) is -4.20. The molecule has 0 aromatic heterocycles. The smallest absolute Gasteiger partial charge is 0.407 e. The lowest BCUT2D eigenvalue weighted by Crippen LogP contribution is -2.72. The van der Waals surface area contributed by atoms with Crippen LogP contribution in [0.1, 0.15) is 92.6 Å². The van der Waals surface area contributed by atoms with Crippen molar-refractivity contribution >= 4 is 28.0 Å². The van der Waals surface area contributed by atoms with Gasteiger partial charge in [0.05, 0.1) is 11.0 Å². The number of carbonyl (C=O) groups excluding carboxylic acids is 3. The fourth-order valence-electron chi connectivity index (χ4n) is 10.2. The number of ketones is 1. The third kappa shape index (κ3) is 6.79. The average Bonchev–Trinajstić information content (AvgIpc) is 3.19. The van der Waals surface area contributed by atoms with Crippen LogP contribution in [0.2, 0.25) is 0 Å². The van der Waals surface area contributed by atoms with Crippen LogP contribution in [0.3, 0.4) is 0 Å². The molecule has 4 saturated carbocycles. The number of nitrogens with one attached hydrogen (secondary N) is 2. The maximum atomic E-state index is 13.6. The predicted octanol–water partition coefficient (Wildman–Crippen LogP) is 4.93. The second kappa shape index (κ2) is 13.2. The highest BCUT2D eigenvalue weighted by Crippen LogP contribution is 2.82. The van der Waals surface area contributed by atoms with Gasteiger partial charge in [-0.25, -0.2) is 9.59 Å². The fourth-order valence-corrected chi connectivity index (χ4v) is 11.1. The molecule has 49 heavy (non-hydrogen) atoms. The molecule has 4 aliphatic carbocycles. The number of amides is 1. The van der Waals surface area contributed by atoms with E-state index in [0.29, 0.717) is 51.7 Å². The van der Waals surface area contributed by atoms with Crippen LogP contribution in [0.5, 0.6) is 0 Å². The molecule has 0 aliphatic heterocycles. The van der Waals surface area contributed by atoms with Crippen molar-refractivity contribution < 1.29 is 41.6 Å². The molecule has 1 unspecified atom stereocenters. The molecule has 5 rings (SSSR count). The summed E-state index contributed by atoms with van der Waals surface area (Å²) in [5.74, 6) is -0.621. The number of aliphatic hydroxyl groups is 1. The SMILES string of the molecule is Cc1ccc(S(=O)(=O)OCC(=O)O[C@@H]2C[C@](C)(CNCCCNC(=O)OC(C)(C)C)[C@@H](O)[C@H](C)[C@]34CCC(=O)C5(C[C@@H](C)[C@]2(C)[C@H]53)C4)cc1. The highest BCUT2D eigenvalue weighted by atomic mass is 32.2. The minimum absolute atomic E-state index is 0.0463. The van der Waals surface area contributed by atoms with Gasteiger partial charge >= 0.3 is 12.1 Å². The molecule has 4 fully saturated rings. The monoisotopic (exact) mass is 704 g/mol. The summed E-state index contributed by atoms with van der Waals surface area (Å²) in [6.45, 7) is 16.3. The van der Waals surface area contributed by atoms with Crippen molar-refractivity contribution in [3.63, 3.8) is 0 Å². The predicted molar refractivity (Wildman–Crippen MR) is 183 cm³/mol. The van der Waals surface area contributed by atoms with Crippen LogP contribution >= 0.6 is 0 Å². The van der Waals surface area contributed by atoms with Gasteiger partial charge < -0.3 is 25.2 Å². The Bertz CT molecular complexity index is 1540. The van der Waals surface area contributed by atoms with E-state index in [1.807, 2.05) is 34.6 Å². The molecule has 1 aromatic carbocycles. The summed E-state index contributed by atoms with van der Waals surface area (Å²) < 4.78 is 42.5. The number of Topliss-reactive ketones (excluding diaryl/α,β-unsaturated/α-hetero) is 1. The molecular weight excluding hydrogens is 648 g/mol. The van der Waals surface area contributed by atoms with Gasteiger partial charge in [0, 0.05) is 35.8 Å². The van der Waals surface area contributed by atoms with Crippen LogP contribution in [0, 0.1) is 46.3 Å². The minimum atomic E-state index is -4.20. The van der Waals surface area contributed by atoms with Gasteiger partial charge in [-0.15, -0.1) is 0 Å². The first-order valence-corrected chi connectivity index (χ1v) is 19.2. The van der Waals surface area contributed by atoms with E-state index in [1.165, 1.54) is 12.1 Å². The van der Waals surface area contributed by atoms with E-state index in [9.17, 15) is 27.9 Å². The van der Waals surface area contributed by atoms with Crippen LogP contribution in [-0.2, 0) is 33.4 Å². The fraction of sp³-hybridized carbons (Fsp3) is 0.757. The second-order valence-electron chi connectivity index (χ2n) is 17.0. The standard InChI is InChI=1S/C37H56N2O9S/c1-23-10-12-26(13-11-23)49(44,45)46-20-29(41)47-28-19-34(7,22-38-16-9-17-39-32(43)48-33(4,5)6)30(42)25(3)36-15-14-27(40)37(21-36)18-24(2)35(28,8)31(36)37/h10-13,24-25,28,30-31,38,42H,9,14-22H2,1-8H3,(H,39,43)/t24-,25+,28-,30+,31+,34-,35+,36-,37?/m1/s1. The van der Waals surface area contributed by atoms with Gasteiger partial charge in [0.2, 0.25) is 0 Å². The summed E-state index contributed by atoms with van der Waals surface area (Å²) in [4.78, 5) is 39.1. The lowest BCUT2D eigenvalue weighted by molar-refractivity contribution is -0.261. The zero-order valence-corrected chi connectivity index (χ0v) is 31.2. The van der Waals surface area contributed by atoms with E-state index in [-0.39, 0.29) is 33.8 Å². The van der Waals surface area contributed by atoms with Crippen molar-refractivity contribution in [2.24, 2.45) is 39.4 Å². The number of aryl methyl sites for hydroxylation is 1. The van der Waals surface area contributed by atoms with Gasteiger partial charge in [-0.2, -0.15) is 8.42 Å². The molecule has 0 saturated heterocycles. The Morgan fingerprint density at radius 3 is 2.39 bits per heavy atom. The molecule has 2 bridgehead atoms. The van der Waals surface area contributed by atoms with Crippen molar-refractivity contribution in [2.75, 3.05) is 26.2 Å². The van der Waals surface area contributed by atoms with E-state index in [2.05, 4.69) is 31.4 Å².